The van der Waals surface area contributed by atoms with Gasteiger partial charge in [-0.15, -0.1) is 24.0 Å². The largest absolute Gasteiger partial charge is 0.381 e. The van der Waals surface area contributed by atoms with E-state index in [1.807, 2.05) is 25.7 Å². The molecule has 0 atom stereocenters. The summed E-state index contributed by atoms with van der Waals surface area (Å²) in [5.74, 6) is 0.897. The van der Waals surface area contributed by atoms with E-state index in [0.717, 1.165) is 62.8 Å². The van der Waals surface area contributed by atoms with Crippen LogP contribution in [0.2, 0.25) is 0 Å². The third-order valence-corrected chi connectivity index (χ3v) is 5.16. The molecule has 0 saturated carbocycles. The number of rotatable bonds is 11. The van der Waals surface area contributed by atoms with Gasteiger partial charge in [0, 0.05) is 45.8 Å². The highest BCUT2D eigenvalue weighted by Gasteiger charge is 2.14. The number of aliphatic imine (C=N–C) groups is 1. The van der Waals surface area contributed by atoms with Gasteiger partial charge in [-0.1, -0.05) is 24.3 Å². The van der Waals surface area contributed by atoms with Crippen LogP contribution in [0.5, 0.6) is 0 Å². The number of amides is 1. The summed E-state index contributed by atoms with van der Waals surface area (Å²) in [6.07, 6.45) is 2.70. The van der Waals surface area contributed by atoms with Crippen molar-refractivity contribution in [2.24, 2.45) is 4.99 Å². The minimum atomic E-state index is 0. The Morgan fingerprint density at radius 1 is 1.16 bits per heavy atom. The fourth-order valence-corrected chi connectivity index (χ4v) is 3.41. The Labute approximate surface area is 204 Å². The Morgan fingerprint density at radius 3 is 2.55 bits per heavy atom. The maximum absolute atomic E-state index is 12.1. The van der Waals surface area contributed by atoms with Gasteiger partial charge in [0.05, 0.1) is 19.3 Å². The molecule has 1 saturated heterocycles. The predicted octanol–water partition coefficient (Wildman–Crippen LogP) is 3.31. The molecule has 1 heterocycles. The fourth-order valence-electron chi connectivity index (χ4n) is 3.41. The molecule has 1 fully saturated rings. The lowest BCUT2D eigenvalue weighted by atomic mass is 10.1. The Balaban J connectivity index is 0.00000480. The third-order valence-electron chi connectivity index (χ3n) is 5.16. The minimum absolute atomic E-state index is 0. The molecule has 1 aromatic carbocycles. The summed E-state index contributed by atoms with van der Waals surface area (Å²) in [5, 5.41) is 6.51. The number of carbonyl (C=O) groups excluding carboxylic acids is 1. The van der Waals surface area contributed by atoms with E-state index < -0.39 is 0 Å². The molecule has 31 heavy (non-hydrogen) atoms. The highest BCUT2D eigenvalue weighted by molar-refractivity contribution is 14.0. The van der Waals surface area contributed by atoms with Crippen LogP contribution in [-0.2, 0) is 27.4 Å². The smallest absolute Gasteiger partial charge is 0.224 e. The average Bonchev–Trinajstić information content (AvgIpc) is 2.78. The average molecular weight is 546 g/mol. The molecule has 1 aliphatic heterocycles. The van der Waals surface area contributed by atoms with Crippen molar-refractivity contribution in [3.05, 3.63) is 35.4 Å². The van der Waals surface area contributed by atoms with Crippen molar-refractivity contribution in [2.75, 3.05) is 39.4 Å². The highest BCUT2D eigenvalue weighted by Crippen LogP contribution is 2.14. The summed E-state index contributed by atoms with van der Waals surface area (Å²) in [7, 11) is 0. The number of nitrogens with zero attached hydrogens (tertiary/aromatic N) is 2. The summed E-state index contributed by atoms with van der Waals surface area (Å²) in [6.45, 7) is 11.7. The standard InChI is InChI=1S/C23H38N4O3.HI/c1-4-24-23(25-13-10-22(28)27(5-2)6-3)26-17-19-8-7-9-20(16-19)18-30-21-11-14-29-15-12-21;/h7-9,16,21H,4-6,10-15,17-18H2,1-3H3,(H2,24,25,26);1H. The van der Waals surface area contributed by atoms with E-state index in [4.69, 9.17) is 9.47 Å². The lowest BCUT2D eigenvalue weighted by Crippen LogP contribution is -2.40. The van der Waals surface area contributed by atoms with E-state index >= 15 is 0 Å². The summed E-state index contributed by atoms with van der Waals surface area (Å²) >= 11 is 0. The summed E-state index contributed by atoms with van der Waals surface area (Å²) in [5.41, 5.74) is 2.30. The molecule has 7 nitrogen and oxygen atoms in total. The van der Waals surface area contributed by atoms with Gasteiger partial charge in [-0.3, -0.25) is 4.79 Å². The van der Waals surface area contributed by atoms with Crippen molar-refractivity contribution < 1.29 is 14.3 Å². The zero-order chi connectivity index (χ0) is 21.6. The van der Waals surface area contributed by atoms with Crippen LogP contribution >= 0.6 is 24.0 Å². The van der Waals surface area contributed by atoms with Crippen LogP contribution in [0.25, 0.3) is 0 Å². The second kappa shape index (κ2) is 16.3. The molecule has 176 valence electrons. The summed E-state index contributed by atoms with van der Waals surface area (Å²) < 4.78 is 11.4. The molecule has 2 rings (SSSR count). The third kappa shape index (κ3) is 10.7. The van der Waals surface area contributed by atoms with Crippen molar-refractivity contribution in [3.63, 3.8) is 0 Å². The molecule has 1 amide bonds. The van der Waals surface area contributed by atoms with Crippen molar-refractivity contribution in [1.82, 2.24) is 15.5 Å². The van der Waals surface area contributed by atoms with Crippen LogP contribution in [0.4, 0.5) is 0 Å². The van der Waals surface area contributed by atoms with E-state index in [1.165, 1.54) is 0 Å². The van der Waals surface area contributed by atoms with Gasteiger partial charge in [0.15, 0.2) is 5.96 Å². The van der Waals surface area contributed by atoms with Crippen molar-refractivity contribution in [3.8, 4) is 0 Å². The zero-order valence-electron chi connectivity index (χ0n) is 19.2. The quantitative estimate of drug-likeness (QED) is 0.253. The van der Waals surface area contributed by atoms with Crippen LogP contribution in [0.15, 0.2) is 29.3 Å². The first kappa shape index (κ1) is 27.6. The maximum atomic E-state index is 12.1. The van der Waals surface area contributed by atoms with E-state index in [0.29, 0.717) is 32.2 Å². The van der Waals surface area contributed by atoms with Crippen LogP contribution < -0.4 is 10.6 Å². The molecule has 0 spiro atoms. The molecule has 0 aliphatic carbocycles. The highest BCUT2D eigenvalue weighted by atomic mass is 127. The van der Waals surface area contributed by atoms with Crippen molar-refractivity contribution in [2.45, 2.75) is 59.3 Å². The van der Waals surface area contributed by atoms with E-state index in [9.17, 15) is 4.79 Å². The van der Waals surface area contributed by atoms with Gasteiger partial charge in [0.25, 0.3) is 0 Å². The Bertz CT molecular complexity index is 662. The lowest BCUT2D eigenvalue weighted by Gasteiger charge is -2.22. The molecule has 0 aromatic heterocycles. The van der Waals surface area contributed by atoms with Crippen LogP contribution in [0, 0.1) is 0 Å². The Kier molecular flexibility index (Phi) is 14.5. The van der Waals surface area contributed by atoms with Gasteiger partial charge in [0.2, 0.25) is 5.91 Å². The van der Waals surface area contributed by atoms with Gasteiger partial charge in [0.1, 0.15) is 0 Å². The van der Waals surface area contributed by atoms with Gasteiger partial charge in [-0.2, -0.15) is 0 Å². The second-order valence-electron chi connectivity index (χ2n) is 7.38. The molecule has 2 N–H and O–H groups in total. The van der Waals surface area contributed by atoms with E-state index in [-0.39, 0.29) is 29.9 Å². The molecule has 0 radical (unpaired) electrons. The van der Waals surface area contributed by atoms with Gasteiger partial charge >= 0.3 is 0 Å². The number of ether oxygens (including phenoxy) is 2. The van der Waals surface area contributed by atoms with Crippen LogP contribution in [0.1, 0.15) is 51.2 Å². The number of nitrogens with one attached hydrogen (secondary N) is 2. The first-order chi connectivity index (χ1) is 14.7. The SMILES string of the molecule is CCNC(=NCc1cccc(COC2CCOCC2)c1)NCCC(=O)N(CC)CC.I. The number of carbonyl (C=O) groups is 1. The van der Waals surface area contributed by atoms with Crippen LogP contribution in [-0.4, -0.2) is 62.3 Å². The number of halogens is 1. The molecular formula is C23H39IN4O3. The second-order valence-corrected chi connectivity index (χ2v) is 7.38. The van der Waals surface area contributed by atoms with Crippen molar-refractivity contribution >= 4 is 35.8 Å². The van der Waals surface area contributed by atoms with E-state index in [1.54, 1.807) is 0 Å². The number of benzene rings is 1. The van der Waals surface area contributed by atoms with Crippen LogP contribution in [0.3, 0.4) is 0 Å². The first-order valence-corrected chi connectivity index (χ1v) is 11.2. The van der Waals surface area contributed by atoms with E-state index in [2.05, 4.69) is 39.9 Å². The number of hydrogen-bond acceptors (Lipinski definition) is 4. The Hall–Kier alpha value is -1.39. The monoisotopic (exact) mass is 546 g/mol. The molecule has 1 aromatic rings. The number of guanidine groups is 1. The van der Waals surface area contributed by atoms with Gasteiger partial charge in [-0.05, 0) is 44.7 Å². The molecular weight excluding hydrogens is 507 g/mol. The number of hydrogen-bond donors (Lipinski definition) is 2. The van der Waals surface area contributed by atoms with Crippen molar-refractivity contribution in [1.29, 1.82) is 0 Å². The topological polar surface area (TPSA) is 75.2 Å². The van der Waals surface area contributed by atoms with Gasteiger partial charge in [-0.25, -0.2) is 4.99 Å². The molecule has 1 aliphatic rings. The summed E-state index contributed by atoms with van der Waals surface area (Å²) in [4.78, 5) is 18.7. The normalized spacial score (nSPS) is 14.6. The molecule has 0 unspecified atom stereocenters. The Morgan fingerprint density at radius 2 is 1.87 bits per heavy atom. The zero-order valence-corrected chi connectivity index (χ0v) is 21.5. The first-order valence-electron chi connectivity index (χ1n) is 11.2. The fraction of sp³-hybridized carbons (Fsp3) is 0.652. The summed E-state index contributed by atoms with van der Waals surface area (Å²) in [6, 6.07) is 8.37. The lowest BCUT2D eigenvalue weighted by molar-refractivity contribution is -0.130. The maximum Gasteiger partial charge on any atom is 0.224 e. The predicted molar refractivity (Wildman–Crippen MR) is 136 cm³/mol. The minimum Gasteiger partial charge on any atom is -0.381 e. The molecule has 0 bridgehead atoms. The molecule has 8 heteroatoms. The van der Waals surface area contributed by atoms with Gasteiger partial charge < -0.3 is 25.0 Å².